The van der Waals surface area contributed by atoms with E-state index in [1.807, 2.05) is 37.3 Å². The smallest absolute Gasteiger partial charge is 0.338 e. The molecule has 2 aliphatic heterocycles. The van der Waals surface area contributed by atoms with Gasteiger partial charge in [0.15, 0.2) is 16.3 Å². The highest BCUT2D eigenvalue weighted by Crippen LogP contribution is 2.38. The maximum absolute atomic E-state index is 14.0. The number of thiazole rings is 1. The van der Waals surface area contributed by atoms with E-state index in [2.05, 4.69) is 0 Å². The molecule has 0 spiro atoms. The second-order valence-electron chi connectivity index (χ2n) is 9.68. The van der Waals surface area contributed by atoms with Crippen LogP contribution in [0, 0.1) is 0 Å². The Bertz CT molecular complexity index is 1960. The molecular weight excluding hydrogens is 532 g/mol. The van der Waals surface area contributed by atoms with E-state index < -0.39 is 12.0 Å². The SMILES string of the molecule is CCCC1=C(C(=O)OCC)[C@H](c2ccc3c(c2)OCO3)n2c(s/c(=C/c3ccc4c(c3)n(C)c(=O)n4C)c2=O)=N1. The van der Waals surface area contributed by atoms with E-state index in [1.54, 1.807) is 46.9 Å². The van der Waals surface area contributed by atoms with Gasteiger partial charge in [0, 0.05) is 14.1 Å². The summed E-state index contributed by atoms with van der Waals surface area (Å²) in [5, 5.41) is 0. The lowest BCUT2D eigenvalue weighted by molar-refractivity contribution is -0.139. The number of benzene rings is 2. The Balaban J connectivity index is 1.57. The highest BCUT2D eigenvalue weighted by molar-refractivity contribution is 7.07. The average molecular weight is 561 g/mol. The molecule has 4 heterocycles. The van der Waals surface area contributed by atoms with Crippen LogP contribution in [0.25, 0.3) is 17.1 Å². The monoisotopic (exact) mass is 560 g/mol. The van der Waals surface area contributed by atoms with Gasteiger partial charge in [0.25, 0.3) is 5.56 Å². The third-order valence-electron chi connectivity index (χ3n) is 7.20. The maximum Gasteiger partial charge on any atom is 0.338 e. The zero-order valence-corrected chi connectivity index (χ0v) is 23.4. The van der Waals surface area contributed by atoms with Gasteiger partial charge in [0.2, 0.25) is 6.79 Å². The van der Waals surface area contributed by atoms with Crippen molar-refractivity contribution in [2.75, 3.05) is 13.4 Å². The first-order chi connectivity index (χ1) is 19.3. The van der Waals surface area contributed by atoms with Crippen LogP contribution in [0.5, 0.6) is 11.5 Å². The number of allylic oxidation sites excluding steroid dienone is 1. The summed E-state index contributed by atoms with van der Waals surface area (Å²) < 4.78 is 21.8. The molecule has 0 bridgehead atoms. The van der Waals surface area contributed by atoms with Crippen LogP contribution < -0.4 is 30.1 Å². The Labute approximate surface area is 232 Å². The molecule has 0 saturated heterocycles. The molecule has 0 saturated carbocycles. The number of aromatic nitrogens is 3. The molecule has 2 aromatic heterocycles. The highest BCUT2D eigenvalue weighted by atomic mass is 32.1. The van der Waals surface area contributed by atoms with Crippen molar-refractivity contribution in [1.82, 2.24) is 13.7 Å². The van der Waals surface area contributed by atoms with Crippen molar-refractivity contribution in [3.63, 3.8) is 0 Å². The number of rotatable bonds is 6. The van der Waals surface area contributed by atoms with E-state index in [1.165, 1.54) is 11.3 Å². The first-order valence-electron chi connectivity index (χ1n) is 13.1. The Hall–Kier alpha value is -4.38. The summed E-state index contributed by atoms with van der Waals surface area (Å²) in [6.45, 7) is 4.08. The molecule has 0 fully saturated rings. The van der Waals surface area contributed by atoms with Crippen LogP contribution >= 0.6 is 11.3 Å². The fourth-order valence-electron chi connectivity index (χ4n) is 5.28. The van der Waals surface area contributed by atoms with E-state index in [4.69, 9.17) is 19.2 Å². The van der Waals surface area contributed by atoms with Gasteiger partial charge in [-0.15, -0.1) is 0 Å². The van der Waals surface area contributed by atoms with Gasteiger partial charge in [0.1, 0.15) is 0 Å². The van der Waals surface area contributed by atoms with Crippen LogP contribution in [0.3, 0.4) is 0 Å². The van der Waals surface area contributed by atoms with Gasteiger partial charge in [-0.25, -0.2) is 14.6 Å². The molecule has 10 nitrogen and oxygen atoms in total. The molecule has 6 rings (SSSR count). The quantitative estimate of drug-likeness (QED) is 0.336. The molecule has 2 aliphatic rings. The number of imidazole rings is 1. The van der Waals surface area contributed by atoms with Gasteiger partial charge < -0.3 is 14.2 Å². The minimum Gasteiger partial charge on any atom is -0.463 e. The standard InChI is InChI=1S/C29H28N4O6S/c1-5-7-18-24(27(35)37-6-2)25(17-9-11-21-22(14-17)39-15-38-21)33-26(34)23(40-28(33)30-18)13-16-8-10-19-20(12-16)32(4)29(36)31(19)3/h8-14,25H,5-7,15H2,1-4H3/b23-13+/t25-/m0/s1. The first kappa shape index (κ1) is 25.9. The van der Waals surface area contributed by atoms with E-state index in [-0.39, 0.29) is 24.6 Å². The zero-order chi connectivity index (χ0) is 28.1. The summed E-state index contributed by atoms with van der Waals surface area (Å²) in [5.41, 5.74) is 3.61. The average Bonchev–Trinajstić information content (AvgIpc) is 3.60. The minimum absolute atomic E-state index is 0.112. The maximum atomic E-state index is 14.0. The number of esters is 1. The van der Waals surface area contributed by atoms with Crippen LogP contribution in [0.2, 0.25) is 0 Å². The molecule has 1 atom stereocenters. The van der Waals surface area contributed by atoms with Crippen LogP contribution in [0.15, 0.2) is 62.2 Å². The summed E-state index contributed by atoms with van der Waals surface area (Å²) in [7, 11) is 3.45. The largest absolute Gasteiger partial charge is 0.463 e. The summed E-state index contributed by atoms with van der Waals surface area (Å²) in [5.74, 6) is 0.665. The number of ether oxygens (including phenoxy) is 3. The predicted molar refractivity (Wildman–Crippen MR) is 150 cm³/mol. The van der Waals surface area contributed by atoms with E-state index in [0.717, 1.165) is 23.0 Å². The molecule has 0 amide bonds. The third kappa shape index (κ3) is 4.08. The van der Waals surface area contributed by atoms with Crippen molar-refractivity contribution in [2.24, 2.45) is 19.1 Å². The second kappa shape index (κ2) is 9.98. The van der Waals surface area contributed by atoms with Crippen molar-refractivity contribution in [2.45, 2.75) is 32.7 Å². The van der Waals surface area contributed by atoms with Gasteiger partial charge in [-0.3, -0.25) is 18.5 Å². The van der Waals surface area contributed by atoms with Gasteiger partial charge in [-0.1, -0.05) is 36.8 Å². The number of aryl methyl sites for hydroxylation is 2. The fraction of sp³-hybridized carbons (Fsp3) is 0.310. The minimum atomic E-state index is -0.745. The number of carbonyl (C=O) groups is 1. The van der Waals surface area contributed by atoms with E-state index in [9.17, 15) is 14.4 Å². The van der Waals surface area contributed by atoms with Crippen molar-refractivity contribution in [3.8, 4) is 11.5 Å². The lowest BCUT2D eigenvalue weighted by Gasteiger charge is -2.25. The number of carbonyl (C=O) groups excluding carboxylic acids is 1. The lowest BCUT2D eigenvalue weighted by Crippen LogP contribution is -2.40. The molecular formula is C29H28N4O6S. The zero-order valence-electron chi connectivity index (χ0n) is 22.6. The van der Waals surface area contributed by atoms with E-state index in [0.29, 0.717) is 44.1 Å². The molecule has 4 aromatic rings. The molecule has 2 aromatic carbocycles. The van der Waals surface area contributed by atoms with Gasteiger partial charge in [-0.2, -0.15) is 0 Å². The Kier molecular flexibility index (Phi) is 6.46. The number of hydrogen-bond donors (Lipinski definition) is 0. The van der Waals surface area contributed by atoms with Crippen molar-refractivity contribution >= 4 is 34.4 Å². The van der Waals surface area contributed by atoms with Gasteiger partial charge in [-0.05, 0) is 54.8 Å². The molecule has 0 N–H and O–H groups in total. The highest BCUT2D eigenvalue weighted by Gasteiger charge is 2.35. The van der Waals surface area contributed by atoms with Gasteiger partial charge in [0.05, 0.1) is 39.5 Å². The molecule has 0 unspecified atom stereocenters. The summed E-state index contributed by atoms with van der Waals surface area (Å²) in [6, 6.07) is 10.3. The molecule has 40 heavy (non-hydrogen) atoms. The van der Waals surface area contributed by atoms with Crippen molar-refractivity contribution in [3.05, 3.63) is 89.0 Å². The molecule has 0 radical (unpaired) electrons. The van der Waals surface area contributed by atoms with Crippen LogP contribution in [0.1, 0.15) is 43.9 Å². The molecule has 0 aliphatic carbocycles. The number of hydrogen-bond acceptors (Lipinski definition) is 8. The van der Waals surface area contributed by atoms with Gasteiger partial charge >= 0.3 is 11.7 Å². The predicted octanol–water partition coefficient (Wildman–Crippen LogP) is 2.50. The Morgan fingerprint density at radius 1 is 1.07 bits per heavy atom. The summed E-state index contributed by atoms with van der Waals surface area (Å²) >= 11 is 1.27. The van der Waals surface area contributed by atoms with Crippen LogP contribution in [-0.2, 0) is 23.6 Å². The number of fused-ring (bicyclic) bond motifs is 3. The van der Waals surface area contributed by atoms with Crippen molar-refractivity contribution in [1.29, 1.82) is 0 Å². The van der Waals surface area contributed by atoms with Crippen molar-refractivity contribution < 1.29 is 19.0 Å². The van der Waals surface area contributed by atoms with E-state index >= 15 is 0 Å². The number of nitrogens with zero attached hydrogens (tertiary/aromatic N) is 4. The fourth-order valence-corrected chi connectivity index (χ4v) is 6.30. The van der Waals surface area contributed by atoms with Crippen LogP contribution in [0.4, 0.5) is 0 Å². The first-order valence-corrected chi connectivity index (χ1v) is 13.9. The lowest BCUT2D eigenvalue weighted by atomic mass is 9.94. The topological polar surface area (TPSA) is 106 Å². The van der Waals surface area contributed by atoms with Crippen LogP contribution in [-0.4, -0.2) is 33.1 Å². The summed E-state index contributed by atoms with van der Waals surface area (Å²) in [4.78, 5) is 45.1. The normalized spacial score (nSPS) is 16.4. The molecule has 11 heteroatoms. The summed E-state index contributed by atoms with van der Waals surface area (Å²) in [6.07, 6.45) is 3.12. The second-order valence-corrected chi connectivity index (χ2v) is 10.7. The Morgan fingerprint density at radius 3 is 2.62 bits per heavy atom. The Morgan fingerprint density at radius 2 is 1.85 bits per heavy atom. The molecule has 206 valence electrons. The third-order valence-corrected chi connectivity index (χ3v) is 8.18.